The van der Waals surface area contributed by atoms with Gasteiger partial charge in [0.1, 0.15) is 5.69 Å². The zero-order chi connectivity index (χ0) is 24.0. The summed E-state index contributed by atoms with van der Waals surface area (Å²) in [6.45, 7) is 11.7. The lowest BCUT2D eigenvalue weighted by Crippen LogP contribution is -2.37. The highest BCUT2D eigenvalue weighted by atomic mass is 16.2. The number of nitrogens with zero attached hydrogens (tertiary/aromatic N) is 5. The van der Waals surface area contributed by atoms with Crippen LogP contribution in [0.15, 0.2) is 30.3 Å². The average Bonchev–Trinajstić information content (AvgIpc) is 3.17. The van der Waals surface area contributed by atoms with Crippen LogP contribution in [0.25, 0.3) is 0 Å². The molecular weight excluding hydrogens is 418 g/mol. The molecule has 1 aromatic carbocycles. The van der Waals surface area contributed by atoms with Gasteiger partial charge in [0.15, 0.2) is 5.69 Å². The molecule has 8 heteroatoms. The molecule has 0 N–H and O–H groups in total. The van der Waals surface area contributed by atoms with Crippen LogP contribution in [0.2, 0.25) is 0 Å². The van der Waals surface area contributed by atoms with E-state index in [1.165, 1.54) is 0 Å². The number of hydrogen-bond donors (Lipinski definition) is 0. The van der Waals surface area contributed by atoms with Crippen LogP contribution in [0.4, 0.5) is 0 Å². The molecule has 1 aliphatic rings. The van der Waals surface area contributed by atoms with E-state index in [2.05, 4.69) is 11.2 Å². The number of carbonyl (C=O) groups is 3. The molecule has 178 valence electrons. The molecular formula is C25H35N5O3. The Labute approximate surface area is 196 Å². The first-order chi connectivity index (χ1) is 15.9. The Morgan fingerprint density at radius 1 is 1.03 bits per heavy atom. The van der Waals surface area contributed by atoms with Gasteiger partial charge in [-0.1, -0.05) is 29.8 Å². The molecule has 2 heterocycles. The van der Waals surface area contributed by atoms with Gasteiger partial charge in [0.2, 0.25) is 5.91 Å². The minimum Gasteiger partial charge on any atom is -0.343 e. The molecule has 0 saturated heterocycles. The van der Waals surface area contributed by atoms with Crippen molar-refractivity contribution in [2.24, 2.45) is 0 Å². The maximum atomic E-state index is 13.2. The lowest BCUT2D eigenvalue weighted by molar-refractivity contribution is -0.131. The van der Waals surface area contributed by atoms with Crippen molar-refractivity contribution in [3.05, 3.63) is 52.8 Å². The third kappa shape index (κ3) is 5.80. The van der Waals surface area contributed by atoms with Crippen LogP contribution < -0.4 is 0 Å². The van der Waals surface area contributed by atoms with Crippen molar-refractivity contribution in [2.45, 2.75) is 53.6 Å². The highest BCUT2D eigenvalue weighted by molar-refractivity contribution is 5.98. The van der Waals surface area contributed by atoms with Crippen LogP contribution in [0, 0.1) is 6.92 Å². The van der Waals surface area contributed by atoms with E-state index in [0.29, 0.717) is 51.5 Å². The van der Waals surface area contributed by atoms with Crippen LogP contribution in [0.5, 0.6) is 0 Å². The Morgan fingerprint density at radius 2 is 1.76 bits per heavy atom. The lowest BCUT2D eigenvalue weighted by atomic mass is 10.1. The molecule has 0 radical (unpaired) electrons. The van der Waals surface area contributed by atoms with E-state index < -0.39 is 0 Å². The molecule has 2 aromatic rings. The minimum absolute atomic E-state index is 0.0360. The molecule has 33 heavy (non-hydrogen) atoms. The van der Waals surface area contributed by atoms with E-state index in [1.54, 1.807) is 20.5 Å². The van der Waals surface area contributed by atoms with E-state index >= 15 is 0 Å². The van der Waals surface area contributed by atoms with Crippen molar-refractivity contribution in [3.8, 4) is 0 Å². The number of amides is 3. The second-order valence-electron chi connectivity index (χ2n) is 8.41. The molecule has 0 aliphatic carbocycles. The number of aromatic nitrogens is 2. The summed E-state index contributed by atoms with van der Waals surface area (Å²) in [5.41, 5.74) is 2.95. The molecule has 3 rings (SSSR count). The fourth-order valence-corrected chi connectivity index (χ4v) is 4.25. The van der Waals surface area contributed by atoms with Crippen molar-refractivity contribution in [1.29, 1.82) is 0 Å². The molecule has 0 saturated carbocycles. The van der Waals surface area contributed by atoms with Gasteiger partial charge in [-0.15, -0.1) is 0 Å². The van der Waals surface area contributed by atoms with Crippen LogP contribution in [0.3, 0.4) is 0 Å². The van der Waals surface area contributed by atoms with Crippen molar-refractivity contribution in [1.82, 2.24) is 24.5 Å². The molecule has 3 amide bonds. The molecule has 1 aliphatic heterocycles. The van der Waals surface area contributed by atoms with Crippen molar-refractivity contribution in [2.75, 3.05) is 32.7 Å². The Morgan fingerprint density at radius 3 is 2.42 bits per heavy atom. The summed E-state index contributed by atoms with van der Waals surface area (Å²) in [5.74, 6) is -0.322. The Balaban J connectivity index is 1.72. The second-order valence-corrected chi connectivity index (χ2v) is 8.41. The van der Waals surface area contributed by atoms with Gasteiger partial charge in [-0.05, 0) is 39.7 Å². The predicted molar refractivity (Wildman–Crippen MR) is 127 cm³/mol. The first-order valence-corrected chi connectivity index (χ1v) is 11.9. The summed E-state index contributed by atoms with van der Waals surface area (Å²) < 4.78 is 1.65. The maximum absolute atomic E-state index is 13.2. The van der Waals surface area contributed by atoms with E-state index in [-0.39, 0.29) is 29.8 Å². The van der Waals surface area contributed by atoms with E-state index in [0.717, 1.165) is 17.5 Å². The van der Waals surface area contributed by atoms with Gasteiger partial charge in [-0.2, -0.15) is 5.10 Å². The van der Waals surface area contributed by atoms with Gasteiger partial charge in [-0.3, -0.25) is 19.1 Å². The van der Waals surface area contributed by atoms with Crippen LogP contribution >= 0.6 is 0 Å². The minimum atomic E-state index is -0.247. The Hall–Kier alpha value is -3.16. The molecule has 0 spiro atoms. The molecule has 0 bridgehead atoms. The van der Waals surface area contributed by atoms with Gasteiger partial charge < -0.3 is 14.7 Å². The SMILES string of the molecule is CCN(CC)C(=O)CCN(CC)C(=O)c1cc2n(n1)CCCN(Cc1cccc(C)c1)C2=O. The Kier molecular flexibility index (Phi) is 8.25. The summed E-state index contributed by atoms with van der Waals surface area (Å²) >= 11 is 0. The normalized spacial score (nSPS) is 13.5. The molecule has 8 nitrogen and oxygen atoms in total. The number of aryl methyl sites for hydroxylation is 2. The highest BCUT2D eigenvalue weighted by Gasteiger charge is 2.28. The van der Waals surface area contributed by atoms with Crippen LogP contribution in [0.1, 0.15) is 65.7 Å². The number of hydrogen-bond acceptors (Lipinski definition) is 4. The predicted octanol–water partition coefficient (Wildman–Crippen LogP) is 2.96. The van der Waals surface area contributed by atoms with E-state index in [4.69, 9.17) is 0 Å². The topological polar surface area (TPSA) is 78.8 Å². The van der Waals surface area contributed by atoms with Crippen molar-refractivity contribution >= 4 is 17.7 Å². The van der Waals surface area contributed by atoms with Gasteiger partial charge >= 0.3 is 0 Å². The number of rotatable bonds is 9. The fourth-order valence-electron chi connectivity index (χ4n) is 4.25. The van der Waals surface area contributed by atoms with Gasteiger partial charge in [-0.25, -0.2) is 0 Å². The summed E-state index contributed by atoms with van der Waals surface area (Å²) in [6, 6.07) is 9.75. The van der Waals surface area contributed by atoms with Gasteiger partial charge in [0.25, 0.3) is 11.8 Å². The highest BCUT2D eigenvalue weighted by Crippen LogP contribution is 2.18. The summed E-state index contributed by atoms with van der Waals surface area (Å²) in [7, 11) is 0. The van der Waals surface area contributed by atoms with Crippen molar-refractivity contribution in [3.63, 3.8) is 0 Å². The second kappa shape index (κ2) is 11.1. The summed E-state index contributed by atoms with van der Waals surface area (Å²) in [6.07, 6.45) is 1.05. The van der Waals surface area contributed by atoms with E-state index in [1.807, 2.05) is 50.8 Å². The zero-order valence-corrected chi connectivity index (χ0v) is 20.2. The maximum Gasteiger partial charge on any atom is 0.274 e. The van der Waals surface area contributed by atoms with Crippen LogP contribution in [-0.4, -0.2) is 74.9 Å². The molecule has 0 unspecified atom stereocenters. The smallest absolute Gasteiger partial charge is 0.274 e. The monoisotopic (exact) mass is 453 g/mol. The number of fused-ring (bicyclic) bond motifs is 1. The van der Waals surface area contributed by atoms with Gasteiger partial charge in [0, 0.05) is 58.3 Å². The fraction of sp³-hybridized carbons (Fsp3) is 0.520. The Bertz CT molecular complexity index is 996. The average molecular weight is 454 g/mol. The first-order valence-electron chi connectivity index (χ1n) is 11.9. The van der Waals surface area contributed by atoms with Gasteiger partial charge in [0.05, 0.1) is 0 Å². The third-order valence-electron chi connectivity index (χ3n) is 6.14. The van der Waals surface area contributed by atoms with Crippen LogP contribution in [-0.2, 0) is 17.9 Å². The number of carbonyl (C=O) groups excluding carboxylic acids is 3. The van der Waals surface area contributed by atoms with Crippen molar-refractivity contribution < 1.29 is 14.4 Å². The number of benzene rings is 1. The van der Waals surface area contributed by atoms with E-state index in [9.17, 15) is 14.4 Å². The lowest BCUT2D eigenvalue weighted by Gasteiger charge is -2.23. The summed E-state index contributed by atoms with van der Waals surface area (Å²) in [5, 5.41) is 4.46. The zero-order valence-electron chi connectivity index (χ0n) is 20.2. The first kappa shape index (κ1) is 24.5. The summed E-state index contributed by atoms with van der Waals surface area (Å²) in [4.78, 5) is 43.9. The molecule has 0 atom stereocenters. The standard InChI is InChI=1S/C25H35N5O3/c1-5-27(6-2)23(31)12-15-28(7-3)24(32)21-17-22-25(33)29(13-9-14-30(22)26-21)18-20-11-8-10-19(4)16-20/h8,10-11,16-17H,5-7,9,12-15,18H2,1-4H3. The third-order valence-corrected chi connectivity index (χ3v) is 6.14. The molecule has 0 fully saturated rings. The quantitative estimate of drug-likeness (QED) is 0.585. The largest absolute Gasteiger partial charge is 0.343 e. The molecule has 1 aromatic heterocycles.